The summed E-state index contributed by atoms with van der Waals surface area (Å²) in [7, 11) is 0. The summed E-state index contributed by atoms with van der Waals surface area (Å²) in [4.78, 5) is 31.6. The van der Waals surface area contributed by atoms with Gasteiger partial charge in [0.15, 0.2) is 5.78 Å². The third kappa shape index (κ3) is 6.02. The maximum absolute atomic E-state index is 12.9. The van der Waals surface area contributed by atoms with Crippen molar-refractivity contribution >= 4 is 28.4 Å². The van der Waals surface area contributed by atoms with Crippen LogP contribution in [0, 0.1) is 9.39 Å². The molecule has 9 heteroatoms. The van der Waals surface area contributed by atoms with Crippen molar-refractivity contribution in [2.24, 2.45) is 0 Å². The highest BCUT2D eigenvalue weighted by Crippen LogP contribution is 2.22. The van der Waals surface area contributed by atoms with Crippen LogP contribution in [-0.2, 0) is 19.7 Å². The van der Waals surface area contributed by atoms with E-state index in [4.69, 9.17) is 4.74 Å². The fraction of sp³-hybridized carbons (Fsp3) is 0.333. The second-order valence-corrected chi connectivity index (χ2v) is 9.30. The first-order valence-corrected chi connectivity index (χ1v) is 11.8. The Hall–Kier alpha value is -2.66. The number of ketones is 1. The van der Waals surface area contributed by atoms with Crippen molar-refractivity contribution in [2.75, 3.05) is 6.54 Å². The largest absolute Gasteiger partial charge is 0.485 e. The molecule has 0 radical (unpaired) electrons. The number of aromatic nitrogens is 3. The summed E-state index contributed by atoms with van der Waals surface area (Å²) in [5, 5.41) is 4.06. The number of nitrogens with zero attached hydrogens (tertiary/aromatic N) is 4. The number of halogens is 2. The van der Waals surface area contributed by atoms with Gasteiger partial charge in [0.05, 0.1) is 18.1 Å². The predicted molar refractivity (Wildman–Crippen MR) is 130 cm³/mol. The number of Topliss-reactive ketones (excluding diaryl/α,β-unsaturated/α-hetero) is 1. The van der Waals surface area contributed by atoms with Crippen LogP contribution in [0.3, 0.4) is 0 Å². The molecule has 0 aliphatic carbocycles. The van der Waals surface area contributed by atoms with Crippen LogP contribution in [0.15, 0.2) is 53.6 Å². The quantitative estimate of drug-likeness (QED) is 0.307. The van der Waals surface area contributed by atoms with E-state index in [2.05, 4.69) is 44.5 Å². The van der Waals surface area contributed by atoms with E-state index >= 15 is 0 Å². The normalized spacial score (nSPS) is 16.2. The van der Waals surface area contributed by atoms with Gasteiger partial charge in [0.1, 0.15) is 24.7 Å². The summed E-state index contributed by atoms with van der Waals surface area (Å²) in [6, 6.07) is 10.5. The third-order valence-corrected chi connectivity index (χ3v) is 6.62. The van der Waals surface area contributed by atoms with Gasteiger partial charge < -0.3 is 4.74 Å². The number of pyridine rings is 1. The summed E-state index contributed by atoms with van der Waals surface area (Å²) >= 11 is 2.17. The van der Waals surface area contributed by atoms with Gasteiger partial charge in [-0.1, -0.05) is 6.07 Å². The summed E-state index contributed by atoms with van der Waals surface area (Å²) < 4.78 is 20.4. The smallest absolute Gasteiger partial charge is 0.270 e. The number of carbonyl (C=O) groups is 1. The lowest BCUT2D eigenvalue weighted by molar-refractivity contribution is 0.0964. The van der Waals surface area contributed by atoms with E-state index in [1.165, 1.54) is 42.8 Å². The van der Waals surface area contributed by atoms with E-state index in [1.54, 1.807) is 0 Å². The van der Waals surface area contributed by atoms with E-state index in [9.17, 15) is 14.0 Å². The molecule has 4 rings (SSSR count). The van der Waals surface area contributed by atoms with Crippen molar-refractivity contribution in [1.29, 1.82) is 0 Å². The van der Waals surface area contributed by atoms with Gasteiger partial charge in [0.2, 0.25) is 0 Å². The first-order valence-electron chi connectivity index (χ1n) is 10.7. The van der Waals surface area contributed by atoms with Gasteiger partial charge in [0.25, 0.3) is 5.56 Å². The molecule has 172 valence electrons. The second kappa shape index (κ2) is 10.5. The summed E-state index contributed by atoms with van der Waals surface area (Å²) in [6.07, 6.45) is 4.93. The van der Waals surface area contributed by atoms with Crippen LogP contribution >= 0.6 is 22.6 Å². The Morgan fingerprint density at radius 3 is 2.76 bits per heavy atom. The SMILES string of the molecule is CC1CCCN1Cc1ccc(C(=O)Cn2ncc(OCc3ccc(F)cn3)cc2=O)c(I)c1. The van der Waals surface area contributed by atoms with Crippen molar-refractivity contribution in [3.63, 3.8) is 0 Å². The molecule has 0 amide bonds. The standard InChI is InChI=1S/C24H24FIN4O3/c1-16-3-2-8-29(16)13-17-4-7-21(22(26)9-17)23(31)14-30-24(32)10-20(12-28-30)33-15-19-6-5-18(25)11-27-19/h4-7,9-12,16H,2-3,8,13-15H2,1H3. The van der Waals surface area contributed by atoms with Gasteiger partial charge in [-0.15, -0.1) is 0 Å². The molecular formula is C24H24FIN4O3. The molecule has 1 aliphatic rings. The Balaban J connectivity index is 1.38. The van der Waals surface area contributed by atoms with Crippen molar-refractivity contribution in [1.82, 2.24) is 19.7 Å². The molecule has 0 N–H and O–H groups in total. The average molecular weight is 562 g/mol. The monoisotopic (exact) mass is 562 g/mol. The van der Waals surface area contributed by atoms with Crippen molar-refractivity contribution < 1.29 is 13.9 Å². The van der Waals surface area contributed by atoms with Gasteiger partial charge in [0, 0.05) is 27.8 Å². The fourth-order valence-electron chi connectivity index (χ4n) is 3.83. The van der Waals surface area contributed by atoms with Crippen molar-refractivity contribution in [3.8, 4) is 5.75 Å². The number of ether oxygens (including phenoxy) is 1. The molecule has 0 bridgehead atoms. The van der Waals surface area contributed by atoms with Gasteiger partial charge >= 0.3 is 0 Å². The lowest BCUT2D eigenvalue weighted by Crippen LogP contribution is -2.27. The van der Waals surface area contributed by atoms with Gasteiger partial charge in [-0.2, -0.15) is 5.10 Å². The molecular weight excluding hydrogens is 538 g/mol. The molecule has 33 heavy (non-hydrogen) atoms. The molecule has 1 unspecified atom stereocenters. The lowest BCUT2D eigenvalue weighted by atomic mass is 10.1. The summed E-state index contributed by atoms with van der Waals surface area (Å²) in [6.45, 7) is 4.15. The Morgan fingerprint density at radius 2 is 2.09 bits per heavy atom. The average Bonchev–Trinajstić information content (AvgIpc) is 3.19. The topological polar surface area (TPSA) is 77.3 Å². The molecule has 1 aliphatic heterocycles. The number of likely N-dealkylation sites (tertiary alicyclic amines) is 1. The zero-order chi connectivity index (χ0) is 23.4. The van der Waals surface area contributed by atoms with Crippen LogP contribution in [0.1, 0.15) is 41.4 Å². The number of benzene rings is 1. The van der Waals surface area contributed by atoms with E-state index < -0.39 is 11.4 Å². The minimum atomic E-state index is -0.442. The van der Waals surface area contributed by atoms with Crippen molar-refractivity contribution in [2.45, 2.75) is 45.5 Å². The minimum absolute atomic E-state index is 0.0745. The third-order valence-electron chi connectivity index (χ3n) is 5.72. The molecule has 7 nitrogen and oxygen atoms in total. The minimum Gasteiger partial charge on any atom is -0.485 e. The highest BCUT2D eigenvalue weighted by Gasteiger charge is 2.21. The zero-order valence-corrected chi connectivity index (χ0v) is 20.4. The Bertz CT molecular complexity index is 1200. The number of hydrogen-bond acceptors (Lipinski definition) is 6. The summed E-state index contributed by atoms with van der Waals surface area (Å²) in [5.41, 5.74) is 1.83. The maximum Gasteiger partial charge on any atom is 0.270 e. The Kier molecular flexibility index (Phi) is 7.49. The van der Waals surface area contributed by atoms with Gasteiger partial charge in [-0.3, -0.25) is 19.5 Å². The van der Waals surface area contributed by atoms with Crippen LogP contribution < -0.4 is 10.3 Å². The molecule has 1 fully saturated rings. The second-order valence-electron chi connectivity index (χ2n) is 8.14. The van der Waals surface area contributed by atoms with Crippen LogP contribution in [0.5, 0.6) is 5.75 Å². The zero-order valence-electron chi connectivity index (χ0n) is 18.2. The van der Waals surface area contributed by atoms with Crippen molar-refractivity contribution in [3.05, 3.63) is 85.4 Å². The Labute approximate surface area is 204 Å². The molecule has 0 spiro atoms. The molecule has 2 aromatic heterocycles. The fourth-order valence-corrected chi connectivity index (χ4v) is 4.71. The molecule has 3 heterocycles. The summed E-state index contributed by atoms with van der Waals surface area (Å²) in [5.74, 6) is -0.359. The Morgan fingerprint density at radius 1 is 1.24 bits per heavy atom. The van der Waals surface area contributed by atoms with Crippen LogP contribution in [0.4, 0.5) is 4.39 Å². The highest BCUT2D eigenvalue weighted by atomic mass is 127. The van der Waals surface area contributed by atoms with Crippen LogP contribution in [0.25, 0.3) is 0 Å². The van der Waals surface area contributed by atoms with Gasteiger partial charge in [-0.05, 0) is 78.7 Å². The number of rotatable bonds is 8. The lowest BCUT2D eigenvalue weighted by Gasteiger charge is -2.21. The van der Waals surface area contributed by atoms with E-state index in [0.29, 0.717) is 17.3 Å². The van der Waals surface area contributed by atoms with Crippen LogP contribution in [-0.4, -0.2) is 38.0 Å². The van der Waals surface area contributed by atoms with E-state index in [1.807, 2.05) is 18.2 Å². The molecule has 0 saturated carbocycles. The van der Waals surface area contributed by atoms with E-state index in [0.717, 1.165) is 27.5 Å². The number of hydrogen-bond donors (Lipinski definition) is 0. The first kappa shape index (κ1) is 23.5. The highest BCUT2D eigenvalue weighted by molar-refractivity contribution is 14.1. The van der Waals surface area contributed by atoms with E-state index in [-0.39, 0.29) is 24.7 Å². The van der Waals surface area contributed by atoms with Crippen LogP contribution in [0.2, 0.25) is 0 Å². The number of carbonyl (C=O) groups excluding carboxylic acids is 1. The molecule has 1 aromatic carbocycles. The molecule has 1 atom stereocenters. The van der Waals surface area contributed by atoms with Gasteiger partial charge in [-0.25, -0.2) is 9.07 Å². The first-order chi connectivity index (χ1) is 15.9. The molecule has 1 saturated heterocycles. The predicted octanol–water partition coefficient (Wildman–Crippen LogP) is 3.83. The maximum atomic E-state index is 12.9. The molecule has 3 aromatic rings.